The van der Waals surface area contributed by atoms with E-state index in [9.17, 15) is 4.79 Å². The molecule has 2 aromatic carbocycles. The van der Waals surface area contributed by atoms with Gasteiger partial charge in [0, 0.05) is 19.6 Å². The molecule has 1 amide bonds. The predicted molar refractivity (Wildman–Crippen MR) is 104 cm³/mol. The van der Waals surface area contributed by atoms with Crippen molar-refractivity contribution in [3.05, 3.63) is 54.1 Å². The van der Waals surface area contributed by atoms with Gasteiger partial charge in [-0.15, -0.1) is 0 Å². The molecule has 140 valence electrons. The third-order valence-electron chi connectivity index (χ3n) is 5.07. The summed E-state index contributed by atoms with van der Waals surface area (Å²) in [6, 6.07) is 15.8. The number of benzene rings is 2. The zero-order valence-electron chi connectivity index (χ0n) is 15.4. The highest BCUT2D eigenvalue weighted by Crippen LogP contribution is 2.26. The first kappa shape index (κ1) is 17.4. The smallest absolute Gasteiger partial charge is 0.298 e. The number of oxazole rings is 1. The molecule has 0 atom stereocenters. The molecule has 2 heterocycles. The number of para-hydroxylation sites is 3. The van der Waals surface area contributed by atoms with Crippen LogP contribution in [-0.2, 0) is 0 Å². The maximum Gasteiger partial charge on any atom is 0.298 e. The second-order valence-electron chi connectivity index (χ2n) is 6.80. The van der Waals surface area contributed by atoms with E-state index in [4.69, 9.17) is 9.15 Å². The average Bonchev–Trinajstić information content (AvgIpc) is 3.16. The van der Waals surface area contributed by atoms with E-state index in [1.807, 2.05) is 36.4 Å². The highest BCUT2D eigenvalue weighted by molar-refractivity contribution is 5.96. The minimum absolute atomic E-state index is 0.0890. The van der Waals surface area contributed by atoms with Crippen LogP contribution in [-0.4, -0.2) is 37.6 Å². The van der Waals surface area contributed by atoms with Gasteiger partial charge in [-0.05, 0) is 43.0 Å². The maximum atomic E-state index is 12.4. The second kappa shape index (κ2) is 7.70. The maximum absolute atomic E-state index is 12.4. The Hall–Kier alpha value is -3.02. The average molecular weight is 365 g/mol. The molecule has 27 heavy (non-hydrogen) atoms. The van der Waals surface area contributed by atoms with Crippen LogP contribution in [0, 0.1) is 5.92 Å². The molecular weight excluding hydrogens is 342 g/mol. The van der Waals surface area contributed by atoms with E-state index in [1.54, 1.807) is 19.2 Å². The molecule has 1 fully saturated rings. The Labute approximate surface area is 158 Å². The monoisotopic (exact) mass is 365 g/mol. The van der Waals surface area contributed by atoms with Crippen LogP contribution >= 0.6 is 0 Å². The Balaban J connectivity index is 1.31. The van der Waals surface area contributed by atoms with E-state index >= 15 is 0 Å². The van der Waals surface area contributed by atoms with Gasteiger partial charge >= 0.3 is 0 Å². The summed E-state index contributed by atoms with van der Waals surface area (Å²) in [5, 5.41) is 3.04. The number of aromatic nitrogens is 1. The van der Waals surface area contributed by atoms with Gasteiger partial charge < -0.3 is 19.4 Å². The molecule has 0 aliphatic carbocycles. The van der Waals surface area contributed by atoms with Gasteiger partial charge in [0.05, 0.1) is 12.7 Å². The van der Waals surface area contributed by atoms with Crippen molar-refractivity contribution in [2.24, 2.45) is 5.92 Å². The van der Waals surface area contributed by atoms with E-state index in [-0.39, 0.29) is 5.91 Å². The van der Waals surface area contributed by atoms with Crippen molar-refractivity contribution in [3.63, 3.8) is 0 Å². The Bertz CT molecular complexity index is 896. The summed E-state index contributed by atoms with van der Waals surface area (Å²) in [7, 11) is 1.58. The molecule has 1 saturated heterocycles. The number of ether oxygens (including phenoxy) is 1. The number of rotatable bonds is 5. The van der Waals surface area contributed by atoms with Gasteiger partial charge in [0.15, 0.2) is 5.58 Å². The zero-order valence-corrected chi connectivity index (χ0v) is 15.4. The lowest BCUT2D eigenvalue weighted by Crippen LogP contribution is -2.38. The Morgan fingerprint density at radius 1 is 1.19 bits per heavy atom. The molecular formula is C21H23N3O3. The van der Waals surface area contributed by atoms with Crippen molar-refractivity contribution < 1.29 is 13.9 Å². The van der Waals surface area contributed by atoms with Crippen molar-refractivity contribution in [2.45, 2.75) is 12.8 Å². The Morgan fingerprint density at radius 3 is 2.70 bits per heavy atom. The molecule has 0 unspecified atom stereocenters. The van der Waals surface area contributed by atoms with Gasteiger partial charge in [-0.3, -0.25) is 4.79 Å². The van der Waals surface area contributed by atoms with Crippen molar-refractivity contribution >= 4 is 23.0 Å². The molecule has 0 saturated carbocycles. The van der Waals surface area contributed by atoms with Gasteiger partial charge in [0.2, 0.25) is 0 Å². The van der Waals surface area contributed by atoms with Crippen LogP contribution in [0.4, 0.5) is 6.01 Å². The van der Waals surface area contributed by atoms with Crippen molar-refractivity contribution in [1.82, 2.24) is 10.3 Å². The first-order valence-corrected chi connectivity index (χ1v) is 9.26. The van der Waals surface area contributed by atoms with E-state index in [1.165, 1.54) is 0 Å². The standard InChI is InChI=1S/C21H23N3O3/c1-26-18-8-4-2-6-16(18)20(25)22-14-15-10-12-24(13-11-15)21-23-17-7-3-5-9-19(17)27-21/h2-9,15H,10-14H2,1H3,(H,22,25). The lowest BCUT2D eigenvalue weighted by Gasteiger charge is -2.30. The number of anilines is 1. The number of carbonyl (C=O) groups is 1. The molecule has 0 bridgehead atoms. The van der Waals surface area contributed by atoms with Gasteiger partial charge in [-0.25, -0.2) is 0 Å². The Kier molecular flexibility index (Phi) is 4.96. The summed E-state index contributed by atoms with van der Waals surface area (Å²) in [4.78, 5) is 19.2. The van der Waals surface area contributed by atoms with Crippen molar-refractivity contribution in [1.29, 1.82) is 0 Å². The molecule has 4 rings (SSSR count). The lowest BCUT2D eigenvalue weighted by atomic mass is 9.97. The summed E-state index contributed by atoms with van der Waals surface area (Å²) < 4.78 is 11.1. The van der Waals surface area contributed by atoms with Gasteiger partial charge in [-0.1, -0.05) is 24.3 Å². The third-order valence-corrected chi connectivity index (χ3v) is 5.07. The predicted octanol–water partition coefficient (Wildman–Crippen LogP) is 3.48. The van der Waals surface area contributed by atoms with E-state index in [2.05, 4.69) is 15.2 Å². The van der Waals surface area contributed by atoms with Crippen LogP contribution in [0.25, 0.3) is 11.1 Å². The van der Waals surface area contributed by atoms with Crippen LogP contribution in [0.1, 0.15) is 23.2 Å². The number of hydrogen-bond donors (Lipinski definition) is 1. The number of fused-ring (bicyclic) bond motifs is 1. The summed E-state index contributed by atoms with van der Waals surface area (Å²) in [5.41, 5.74) is 2.28. The van der Waals surface area contributed by atoms with Crippen molar-refractivity contribution in [2.75, 3.05) is 31.6 Å². The number of amides is 1. The summed E-state index contributed by atoms with van der Waals surface area (Å²) >= 11 is 0. The number of nitrogens with one attached hydrogen (secondary N) is 1. The topological polar surface area (TPSA) is 67.6 Å². The fourth-order valence-corrected chi connectivity index (χ4v) is 3.49. The summed E-state index contributed by atoms with van der Waals surface area (Å²) in [5.74, 6) is 0.957. The fraction of sp³-hybridized carbons (Fsp3) is 0.333. The number of piperidine rings is 1. The van der Waals surface area contributed by atoms with Crippen LogP contribution in [0.5, 0.6) is 5.75 Å². The summed E-state index contributed by atoms with van der Waals surface area (Å²) in [6.45, 7) is 2.42. The molecule has 0 spiro atoms. The highest BCUT2D eigenvalue weighted by Gasteiger charge is 2.23. The van der Waals surface area contributed by atoms with E-state index in [0.717, 1.165) is 37.0 Å². The molecule has 3 aromatic rings. The third kappa shape index (κ3) is 3.74. The largest absolute Gasteiger partial charge is 0.496 e. The van der Waals surface area contributed by atoms with Gasteiger partial charge in [0.1, 0.15) is 11.3 Å². The summed E-state index contributed by atoms with van der Waals surface area (Å²) in [6.07, 6.45) is 1.98. The van der Waals surface area contributed by atoms with Gasteiger partial charge in [-0.2, -0.15) is 4.98 Å². The molecule has 6 nitrogen and oxygen atoms in total. The first-order valence-electron chi connectivity index (χ1n) is 9.26. The quantitative estimate of drug-likeness (QED) is 0.750. The zero-order chi connectivity index (χ0) is 18.6. The van der Waals surface area contributed by atoms with E-state index in [0.29, 0.717) is 29.8 Å². The Morgan fingerprint density at radius 2 is 1.93 bits per heavy atom. The highest BCUT2D eigenvalue weighted by atomic mass is 16.5. The number of nitrogens with zero attached hydrogens (tertiary/aromatic N) is 2. The normalized spacial score (nSPS) is 15.1. The lowest BCUT2D eigenvalue weighted by molar-refractivity contribution is 0.0941. The SMILES string of the molecule is COc1ccccc1C(=O)NCC1CCN(c2nc3ccccc3o2)CC1. The van der Waals surface area contributed by atoms with Crippen molar-refractivity contribution in [3.8, 4) is 5.75 Å². The van der Waals surface area contributed by atoms with Crippen LogP contribution < -0.4 is 15.0 Å². The number of carbonyl (C=O) groups excluding carboxylic acids is 1. The fourth-order valence-electron chi connectivity index (χ4n) is 3.49. The molecule has 1 N–H and O–H groups in total. The molecule has 1 aliphatic heterocycles. The molecule has 1 aliphatic rings. The van der Waals surface area contributed by atoms with Crippen LogP contribution in [0.15, 0.2) is 52.9 Å². The first-order chi connectivity index (χ1) is 13.2. The van der Waals surface area contributed by atoms with Crippen LogP contribution in [0.2, 0.25) is 0 Å². The minimum atomic E-state index is -0.0890. The molecule has 0 radical (unpaired) electrons. The number of hydrogen-bond acceptors (Lipinski definition) is 5. The molecule has 6 heteroatoms. The minimum Gasteiger partial charge on any atom is -0.496 e. The van der Waals surface area contributed by atoms with E-state index < -0.39 is 0 Å². The molecule has 1 aromatic heterocycles. The van der Waals surface area contributed by atoms with Gasteiger partial charge in [0.25, 0.3) is 11.9 Å². The second-order valence-corrected chi connectivity index (χ2v) is 6.80. The van der Waals surface area contributed by atoms with Crippen LogP contribution in [0.3, 0.4) is 0 Å². The number of methoxy groups -OCH3 is 1.